The van der Waals surface area contributed by atoms with E-state index in [2.05, 4.69) is 19.1 Å². The first kappa shape index (κ1) is 16.8. The van der Waals surface area contributed by atoms with Gasteiger partial charge >= 0.3 is 5.97 Å². The van der Waals surface area contributed by atoms with Crippen molar-refractivity contribution in [2.45, 2.75) is 39.7 Å². The molecule has 0 aromatic heterocycles. The molecule has 120 valence electrons. The number of allylic oxidation sites excluding steroid dienone is 2. The lowest BCUT2D eigenvalue weighted by atomic mass is 9.66. The van der Waals surface area contributed by atoms with Crippen LogP contribution < -0.4 is 0 Å². The lowest BCUT2D eigenvalue weighted by molar-refractivity contribution is -0.149. The fourth-order valence-electron chi connectivity index (χ4n) is 3.50. The van der Waals surface area contributed by atoms with Crippen molar-refractivity contribution in [2.75, 3.05) is 6.61 Å². The highest BCUT2D eigenvalue weighted by molar-refractivity contribution is 5.72. The number of aliphatic carboxylic acids is 1. The number of ether oxygens (including phenoxy) is 1. The van der Waals surface area contributed by atoms with E-state index < -0.39 is 11.9 Å². The first-order valence-corrected chi connectivity index (χ1v) is 8.05. The Morgan fingerprint density at radius 2 is 2.09 bits per heavy atom. The standard InChI is InChI=1S/C19H26O3/c1-15(13-22-14-16-9-5-3-6-10-16)17(18(20)21)19(2)11-7-4-8-12-19/h3,5-7,9-11,15,17H,4,8,12-14H2,1-2H3,(H,20,21)/t15-,17-,19-/m1/s1. The van der Waals surface area contributed by atoms with Crippen LogP contribution in [0.1, 0.15) is 38.7 Å². The summed E-state index contributed by atoms with van der Waals surface area (Å²) in [5.41, 5.74) is 0.852. The van der Waals surface area contributed by atoms with Gasteiger partial charge < -0.3 is 9.84 Å². The molecule has 0 saturated carbocycles. The molecule has 0 saturated heterocycles. The van der Waals surface area contributed by atoms with Crippen LogP contribution in [0.3, 0.4) is 0 Å². The lowest BCUT2D eigenvalue weighted by Gasteiger charge is -2.38. The molecule has 3 heteroatoms. The van der Waals surface area contributed by atoms with Gasteiger partial charge in [0.1, 0.15) is 0 Å². The fourth-order valence-corrected chi connectivity index (χ4v) is 3.50. The minimum atomic E-state index is -0.718. The third-order valence-corrected chi connectivity index (χ3v) is 4.62. The van der Waals surface area contributed by atoms with Crippen LogP contribution in [0.5, 0.6) is 0 Å². The molecule has 2 rings (SSSR count). The molecule has 1 aliphatic rings. The zero-order valence-electron chi connectivity index (χ0n) is 13.5. The molecule has 0 spiro atoms. The fraction of sp³-hybridized carbons (Fsp3) is 0.526. The Kier molecular flexibility index (Phi) is 5.78. The van der Waals surface area contributed by atoms with Crippen LogP contribution in [0.25, 0.3) is 0 Å². The van der Waals surface area contributed by atoms with Gasteiger partial charge in [0.2, 0.25) is 0 Å². The van der Waals surface area contributed by atoms with Crippen molar-refractivity contribution in [1.82, 2.24) is 0 Å². The maximum atomic E-state index is 11.8. The molecule has 0 heterocycles. The highest BCUT2D eigenvalue weighted by Gasteiger charge is 2.41. The van der Waals surface area contributed by atoms with Crippen LogP contribution >= 0.6 is 0 Å². The number of carboxylic acids is 1. The van der Waals surface area contributed by atoms with E-state index in [1.54, 1.807) is 0 Å². The second-order valence-electron chi connectivity index (χ2n) is 6.59. The Balaban J connectivity index is 1.95. The molecule has 0 unspecified atom stereocenters. The molecule has 1 aliphatic carbocycles. The molecule has 0 fully saturated rings. The molecular formula is C19H26O3. The molecule has 0 amide bonds. The van der Waals surface area contributed by atoms with Gasteiger partial charge in [-0.05, 0) is 36.2 Å². The molecule has 1 aromatic rings. The Labute approximate surface area is 133 Å². The largest absolute Gasteiger partial charge is 0.481 e. The Morgan fingerprint density at radius 1 is 1.36 bits per heavy atom. The minimum Gasteiger partial charge on any atom is -0.481 e. The maximum absolute atomic E-state index is 11.8. The first-order chi connectivity index (χ1) is 10.5. The van der Waals surface area contributed by atoms with Crippen LogP contribution in [0.2, 0.25) is 0 Å². The molecule has 1 N–H and O–H groups in total. The minimum absolute atomic E-state index is 0.0195. The van der Waals surface area contributed by atoms with E-state index in [1.165, 1.54) is 0 Å². The number of hydrogen-bond acceptors (Lipinski definition) is 2. The van der Waals surface area contributed by atoms with Gasteiger partial charge in [-0.2, -0.15) is 0 Å². The van der Waals surface area contributed by atoms with Gasteiger partial charge in [-0.3, -0.25) is 4.79 Å². The molecule has 1 aromatic carbocycles. The zero-order valence-corrected chi connectivity index (χ0v) is 13.5. The molecule has 22 heavy (non-hydrogen) atoms. The Hall–Kier alpha value is -1.61. The molecule has 0 aliphatic heterocycles. The van der Waals surface area contributed by atoms with Crippen LogP contribution in [-0.2, 0) is 16.1 Å². The van der Waals surface area contributed by atoms with Crippen molar-refractivity contribution in [2.24, 2.45) is 17.3 Å². The van der Waals surface area contributed by atoms with E-state index in [9.17, 15) is 9.90 Å². The summed E-state index contributed by atoms with van der Waals surface area (Å²) in [5.74, 6) is -1.14. The lowest BCUT2D eigenvalue weighted by Crippen LogP contribution is -2.39. The third kappa shape index (κ3) is 4.20. The van der Waals surface area contributed by atoms with Gasteiger partial charge in [-0.25, -0.2) is 0 Å². The van der Waals surface area contributed by atoms with Gasteiger partial charge in [-0.1, -0.05) is 56.3 Å². The van der Waals surface area contributed by atoms with E-state index in [0.29, 0.717) is 13.2 Å². The molecule has 0 bridgehead atoms. The van der Waals surface area contributed by atoms with Gasteiger partial charge in [0.05, 0.1) is 19.1 Å². The van der Waals surface area contributed by atoms with Crippen LogP contribution in [0.15, 0.2) is 42.5 Å². The van der Waals surface area contributed by atoms with Crippen molar-refractivity contribution in [3.05, 3.63) is 48.0 Å². The second kappa shape index (κ2) is 7.59. The van der Waals surface area contributed by atoms with E-state index >= 15 is 0 Å². The SMILES string of the molecule is C[C@H](COCc1ccccc1)[C@H](C(=O)O)[C@]1(C)C=CCCC1. The summed E-state index contributed by atoms with van der Waals surface area (Å²) < 4.78 is 5.76. The summed E-state index contributed by atoms with van der Waals surface area (Å²) in [4.78, 5) is 11.8. The normalized spacial score (nSPS) is 23.9. The van der Waals surface area contributed by atoms with Crippen molar-refractivity contribution in [3.8, 4) is 0 Å². The van der Waals surface area contributed by atoms with E-state index in [1.807, 2.05) is 37.3 Å². The van der Waals surface area contributed by atoms with E-state index in [4.69, 9.17) is 4.74 Å². The van der Waals surface area contributed by atoms with Crippen molar-refractivity contribution >= 4 is 5.97 Å². The quantitative estimate of drug-likeness (QED) is 0.764. The van der Waals surface area contributed by atoms with Gasteiger partial charge in [0, 0.05) is 0 Å². The topological polar surface area (TPSA) is 46.5 Å². The molecule has 3 nitrogen and oxygen atoms in total. The van der Waals surface area contributed by atoms with Crippen molar-refractivity contribution in [1.29, 1.82) is 0 Å². The van der Waals surface area contributed by atoms with Crippen LogP contribution in [0, 0.1) is 17.3 Å². The smallest absolute Gasteiger partial charge is 0.307 e. The number of carbonyl (C=O) groups is 1. The summed E-state index contributed by atoms with van der Waals surface area (Å²) >= 11 is 0. The van der Waals surface area contributed by atoms with E-state index in [-0.39, 0.29) is 11.3 Å². The molecule has 0 radical (unpaired) electrons. The zero-order chi connectivity index (χ0) is 16.0. The highest BCUT2D eigenvalue weighted by Crippen LogP contribution is 2.42. The summed E-state index contributed by atoms with van der Waals surface area (Å²) in [6.07, 6.45) is 7.28. The summed E-state index contributed by atoms with van der Waals surface area (Å²) in [7, 11) is 0. The first-order valence-electron chi connectivity index (χ1n) is 8.05. The average molecular weight is 302 g/mol. The number of hydrogen-bond donors (Lipinski definition) is 1. The predicted octanol–water partition coefficient (Wildman–Crippen LogP) is 4.29. The second-order valence-corrected chi connectivity index (χ2v) is 6.59. The summed E-state index contributed by atoms with van der Waals surface area (Å²) in [6, 6.07) is 9.98. The predicted molar refractivity (Wildman–Crippen MR) is 87.5 cm³/mol. The summed E-state index contributed by atoms with van der Waals surface area (Å²) in [5, 5.41) is 9.69. The Bertz CT molecular complexity index is 509. The molecule has 3 atom stereocenters. The third-order valence-electron chi connectivity index (χ3n) is 4.62. The maximum Gasteiger partial charge on any atom is 0.307 e. The average Bonchev–Trinajstić information content (AvgIpc) is 2.48. The van der Waals surface area contributed by atoms with Crippen molar-refractivity contribution in [3.63, 3.8) is 0 Å². The summed E-state index contributed by atoms with van der Waals surface area (Å²) in [6.45, 7) is 5.05. The van der Waals surface area contributed by atoms with E-state index in [0.717, 1.165) is 24.8 Å². The van der Waals surface area contributed by atoms with Crippen LogP contribution in [-0.4, -0.2) is 17.7 Å². The number of benzene rings is 1. The monoisotopic (exact) mass is 302 g/mol. The number of rotatable bonds is 7. The highest BCUT2D eigenvalue weighted by atomic mass is 16.5. The van der Waals surface area contributed by atoms with Crippen LogP contribution in [0.4, 0.5) is 0 Å². The van der Waals surface area contributed by atoms with Gasteiger partial charge in [-0.15, -0.1) is 0 Å². The Morgan fingerprint density at radius 3 is 2.68 bits per heavy atom. The van der Waals surface area contributed by atoms with Crippen molar-refractivity contribution < 1.29 is 14.6 Å². The number of carboxylic acid groups (broad SMARTS) is 1. The molecular weight excluding hydrogens is 276 g/mol. The van der Waals surface area contributed by atoms with Gasteiger partial charge in [0.25, 0.3) is 0 Å². The van der Waals surface area contributed by atoms with Gasteiger partial charge in [0.15, 0.2) is 0 Å².